The minimum atomic E-state index is -3.61. The monoisotopic (exact) mass is 495 g/mol. The van der Waals surface area contributed by atoms with E-state index in [9.17, 15) is 18.0 Å². The quantitative estimate of drug-likeness (QED) is 0.517. The van der Waals surface area contributed by atoms with Gasteiger partial charge in [-0.1, -0.05) is 41.9 Å². The standard InChI is InChI=1S/C23H30ClN3O5S/c1-17(23(29)25-2)26(16-18-9-6-5-7-10-18)22(28)11-8-14-27(33(4,30)31)19-12-13-21(32-3)20(24)15-19/h5-7,9-10,12-13,15,17H,8,11,14,16H2,1-4H3,(H,25,29)/t17-/m0/s1. The van der Waals surface area contributed by atoms with Crippen LogP contribution in [0.3, 0.4) is 0 Å². The molecule has 2 aromatic carbocycles. The van der Waals surface area contributed by atoms with Gasteiger partial charge in [-0.3, -0.25) is 13.9 Å². The average molecular weight is 496 g/mol. The molecule has 0 heterocycles. The van der Waals surface area contributed by atoms with E-state index in [1.807, 2.05) is 30.3 Å². The van der Waals surface area contributed by atoms with Gasteiger partial charge in [-0.15, -0.1) is 0 Å². The molecule has 0 spiro atoms. The Morgan fingerprint density at radius 3 is 2.36 bits per heavy atom. The second-order valence-electron chi connectivity index (χ2n) is 7.55. The number of sulfonamides is 1. The molecule has 2 amide bonds. The lowest BCUT2D eigenvalue weighted by Gasteiger charge is -2.29. The maximum atomic E-state index is 13.1. The number of hydrogen-bond donors (Lipinski definition) is 1. The van der Waals surface area contributed by atoms with Gasteiger partial charge in [-0.2, -0.15) is 0 Å². The fourth-order valence-electron chi connectivity index (χ4n) is 3.39. The zero-order chi connectivity index (χ0) is 24.6. The molecular formula is C23H30ClN3O5S. The molecule has 0 fully saturated rings. The van der Waals surface area contributed by atoms with Gasteiger partial charge >= 0.3 is 0 Å². The Kier molecular flexibility index (Phi) is 9.55. The molecule has 0 radical (unpaired) electrons. The van der Waals surface area contributed by atoms with E-state index in [0.717, 1.165) is 11.8 Å². The van der Waals surface area contributed by atoms with E-state index in [4.69, 9.17) is 16.3 Å². The summed E-state index contributed by atoms with van der Waals surface area (Å²) in [5.74, 6) is -0.0788. The number of anilines is 1. The van der Waals surface area contributed by atoms with Crippen LogP contribution in [0.4, 0.5) is 5.69 Å². The molecule has 2 aromatic rings. The Balaban J connectivity index is 2.15. The van der Waals surface area contributed by atoms with Crippen molar-refractivity contribution >= 4 is 39.1 Å². The number of benzene rings is 2. The van der Waals surface area contributed by atoms with Crippen LogP contribution in [0.1, 0.15) is 25.3 Å². The smallest absolute Gasteiger partial charge is 0.242 e. The molecule has 0 aromatic heterocycles. The zero-order valence-electron chi connectivity index (χ0n) is 19.2. The lowest BCUT2D eigenvalue weighted by Crippen LogP contribution is -2.46. The fraction of sp³-hybridized carbons (Fsp3) is 0.391. The first-order valence-corrected chi connectivity index (χ1v) is 12.7. The number of methoxy groups -OCH3 is 1. The summed E-state index contributed by atoms with van der Waals surface area (Å²) in [7, 11) is -0.614. The summed E-state index contributed by atoms with van der Waals surface area (Å²) < 4.78 is 31.1. The largest absolute Gasteiger partial charge is 0.495 e. The number of nitrogens with one attached hydrogen (secondary N) is 1. The normalized spacial score (nSPS) is 12.0. The zero-order valence-corrected chi connectivity index (χ0v) is 20.8. The highest BCUT2D eigenvalue weighted by Gasteiger charge is 2.26. The first kappa shape index (κ1) is 26.5. The van der Waals surface area contributed by atoms with Gasteiger partial charge in [-0.05, 0) is 37.1 Å². The van der Waals surface area contributed by atoms with Gasteiger partial charge in [-0.25, -0.2) is 8.42 Å². The van der Waals surface area contributed by atoms with Gasteiger partial charge in [0, 0.05) is 26.6 Å². The van der Waals surface area contributed by atoms with Crippen LogP contribution in [0, 0.1) is 0 Å². The molecule has 1 N–H and O–H groups in total. The maximum absolute atomic E-state index is 13.1. The number of carbonyl (C=O) groups excluding carboxylic acids is 2. The summed E-state index contributed by atoms with van der Waals surface area (Å²) in [6.07, 6.45) is 1.44. The predicted octanol–water partition coefficient (Wildman–Crippen LogP) is 3.06. The van der Waals surface area contributed by atoms with E-state index in [0.29, 0.717) is 11.4 Å². The topological polar surface area (TPSA) is 96.0 Å². The van der Waals surface area contributed by atoms with Gasteiger partial charge in [0.2, 0.25) is 21.8 Å². The molecule has 2 rings (SSSR count). The molecule has 0 bridgehead atoms. The summed E-state index contributed by atoms with van der Waals surface area (Å²) in [4.78, 5) is 26.8. The third-order valence-corrected chi connectivity index (χ3v) is 6.67. The molecule has 0 unspecified atom stereocenters. The second kappa shape index (κ2) is 11.9. The van der Waals surface area contributed by atoms with Crippen molar-refractivity contribution < 1.29 is 22.7 Å². The van der Waals surface area contributed by atoms with Crippen LogP contribution in [-0.2, 0) is 26.2 Å². The highest BCUT2D eigenvalue weighted by molar-refractivity contribution is 7.92. The molecule has 1 atom stereocenters. The summed E-state index contributed by atoms with van der Waals surface area (Å²) in [5, 5.41) is 2.86. The molecular weight excluding hydrogens is 466 g/mol. The second-order valence-corrected chi connectivity index (χ2v) is 9.87. The number of hydrogen-bond acceptors (Lipinski definition) is 5. The third-order valence-electron chi connectivity index (χ3n) is 5.18. The van der Waals surface area contributed by atoms with Crippen LogP contribution in [-0.4, -0.2) is 58.1 Å². The van der Waals surface area contributed by atoms with E-state index in [2.05, 4.69) is 5.32 Å². The molecule has 0 saturated heterocycles. The number of halogens is 1. The minimum Gasteiger partial charge on any atom is -0.495 e. The Labute approximate surface area is 200 Å². The van der Waals surface area contributed by atoms with Crippen LogP contribution in [0.15, 0.2) is 48.5 Å². The minimum absolute atomic E-state index is 0.0735. The van der Waals surface area contributed by atoms with Crippen LogP contribution in [0.2, 0.25) is 5.02 Å². The number of carbonyl (C=O) groups is 2. The Bertz CT molecular complexity index is 1060. The molecule has 0 aliphatic carbocycles. The average Bonchev–Trinajstić information content (AvgIpc) is 2.79. The predicted molar refractivity (Wildman–Crippen MR) is 130 cm³/mol. The fourth-order valence-corrected chi connectivity index (χ4v) is 4.60. The van der Waals surface area contributed by atoms with E-state index in [1.165, 1.54) is 29.4 Å². The van der Waals surface area contributed by atoms with Gasteiger partial charge in [0.15, 0.2) is 0 Å². The molecule has 8 nitrogen and oxygen atoms in total. The van der Waals surface area contributed by atoms with Crippen molar-refractivity contribution in [2.45, 2.75) is 32.4 Å². The first-order valence-electron chi connectivity index (χ1n) is 10.4. The van der Waals surface area contributed by atoms with Crippen molar-refractivity contribution in [3.8, 4) is 5.75 Å². The highest BCUT2D eigenvalue weighted by Crippen LogP contribution is 2.30. The molecule has 10 heteroatoms. The molecule has 0 aliphatic heterocycles. The summed E-state index contributed by atoms with van der Waals surface area (Å²) in [5.41, 5.74) is 1.28. The van der Waals surface area contributed by atoms with E-state index >= 15 is 0 Å². The molecule has 180 valence electrons. The van der Waals surface area contributed by atoms with Crippen molar-refractivity contribution in [1.29, 1.82) is 0 Å². The summed E-state index contributed by atoms with van der Waals surface area (Å²) in [6.45, 7) is 2.03. The highest BCUT2D eigenvalue weighted by atomic mass is 35.5. The number of nitrogens with zero attached hydrogens (tertiary/aromatic N) is 2. The van der Waals surface area contributed by atoms with Gasteiger partial charge < -0.3 is 15.0 Å². The third kappa shape index (κ3) is 7.36. The maximum Gasteiger partial charge on any atom is 0.242 e. The van der Waals surface area contributed by atoms with Gasteiger partial charge in [0.1, 0.15) is 11.8 Å². The Morgan fingerprint density at radius 1 is 1.15 bits per heavy atom. The van der Waals surface area contributed by atoms with Crippen molar-refractivity contribution in [3.63, 3.8) is 0 Å². The number of amides is 2. The van der Waals surface area contributed by atoms with E-state index in [-0.39, 0.29) is 42.8 Å². The lowest BCUT2D eigenvalue weighted by atomic mass is 10.1. The van der Waals surface area contributed by atoms with Crippen LogP contribution in [0.25, 0.3) is 0 Å². The molecule has 0 aliphatic rings. The number of rotatable bonds is 11. The van der Waals surface area contributed by atoms with Crippen LogP contribution in [0.5, 0.6) is 5.75 Å². The van der Waals surface area contributed by atoms with Crippen molar-refractivity contribution in [2.24, 2.45) is 0 Å². The lowest BCUT2D eigenvalue weighted by molar-refractivity contribution is -0.140. The van der Waals surface area contributed by atoms with E-state index in [1.54, 1.807) is 19.1 Å². The Hall–Kier alpha value is -2.78. The first-order chi connectivity index (χ1) is 15.6. The van der Waals surface area contributed by atoms with Crippen molar-refractivity contribution in [2.75, 3.05) is 31.3 Å². The van der Waals surface area contributed by atoms with Gasteiger partial charge in [0.25, 0.3) is 0 Å². The van der Waals surface area contributed by atoms with Gasteiger partial charge in [0.05, 0.1) is 24.1 Å². The number of ether oxygens (including phenoxy) is 1. The summed E-state index contributed by atoms with van der Waals surface area (Å²) in [6, 6.07) is 13.4. The van der Waals surface area contributed by atoms with Crippen molar-refractivity contribution in [1.82, 2.24) is 10.2 Å². The molecule has 33 heavy (non-hydrogen) atoms. The number of likely N-dealkylation sites (N-methyl/N-ethyl adjacent to an activating group) is 1. The Morgan fingerprint density at radius 2 is 1.82 bits per heavy atom. The van der Waals surface area contributed by atoms with Crippen LogP contribution >= 0.6 is 11.6 Å². The summed E-state index contributed by atoms with van der Waals surface area (Å²) >= 11 is 6.16. The van der Waals surface area contributed by atoms with Crippen molar-refractivity contribution in [3.05, 3.63) is 59.1 Å². The molecule has 0 saturated carbocycles. The SMILES string of the molecule is CNC(=O)[C@H](C)N(Cc1ccccc1)C(=O)CCCN(c1ccc(OC)c(Cl)c1)S(C)(=O)=O. The van der Waals surface area contributed by atoms with E-state index < -0.39 is 16.1 Å². The van der Waals surface area contributed by atoms with Crippen LogP contribution < -0.4 is 14.4 Å².